The van der Waals surface area contributed by atoms with E-state index in [0.717, 1.165) is 11.3 Å². The Morgan fingerprint density at radius 2 is 2.70 bits per heavy atom. The lowest BCUT2D eigenvalue weighted by Crippen LogP contribution is -1.93. The maximum atomic E-state index is 4.81. The fraction of sp³-hybridized carbons (Fsp3) is 0. The maximum absolute atomic E-state index is 4.81. The third-order valence-corrected chi connectivity index (χ3v) is 1.81. The van der Waals surface area contributed by atoms with Gasteiger partial charge in [-0.15, -0.1) is 0 Å². The quantitative estimate of drug-likeness (QED) is 0.527. The Morgan fingerprint density at radius 1 is 1.70 bits per heavy atom. The summed E-state index contributed by atoms with van der Waals surface area (Å²) in [5.41, 5.74) is 3.72. The van der Waals surface area contributed by atoms with Crippen molar-refractivity contribution in [2.45, 2.75) is 0 Å². The molecule has 2 rings (SSSR count). The molecule has 0 fully saturated rings. The van der Waals surface area contributed by atoms with Gasteiger partial charge in [-0.2, -0.15) is 0 Å². The lowest BCUT2D eigenvalue weighted by Gasteiger charge is -2.08. The summed E-state index contributed by atoms with van der Waals surface area (Å²) in [4.78, 5) is 4.09. The highest BCUT2D eigenvalue weighted by atomic mass is 32.2. The van der Waals surface area contributed by atoms with E-state index in [4.69, 9.17) is 4.74 Å². The van der Waals surface area contributed by atoms with Gasteiger partial charge in [-0.05, 0) is 11.5 Å². The van der Waals surface area contributed by atoms with Crippen LogP contribution in [0.4, 0.5) is 0 Å². The number of allylic oxidation sites excluding steroid dienone is 1. The van der Waals surface area contributed by atoms with Crippen molar-refractivity contribution in [3.8, 4) is 0 Å². The van der Waals surface area contributed by atoms with Crippen molar-refractivity contribution in [1.82, 2.24) is 0 Å². The highest BCUT2D eigenvalue weighted by Crippen LogP contribution is 2.24. The summed E-state index contributed by atoms with van der Waals surface area (Å²) in [6.07, 6.45) is 5.99. The minimum absolute atomic E-state index is 0. The lowest BCUT2D eigenvalue weighted by molar-refractivity contribution is 0.366. The Kier molecular flexibility index (Phi) is 1.36. The van der Waals surface area contributed by atoms with E-state index in [-0.39, 0.29) is 1.43 Å². The van der Waals surface area contributed by atoms with Crippen LogP contribution in [0, 0.1) is 6.26 Å². The monoisotopic (exact) mass is 151 g/mol. The number of ether oxygens (including phenoxy) is 1. The molecule has 0 bridgehead atoms. The Balaban J connectivity index is 0.000000605. The fourth-order valence-corrected chi connectivity index (χ4v) is 1.29. The second-order valence-corrected chi connectivity index (χ2v) is 2.55. The van der Waals surface area contributed by atoms with E-state index in [2.05, 4.69) is 11.3 Å². The molecule has 0 saturated heterocycles. The summed E-state index contributed by atoms with van der Waals surface area (Å²) in [5.74, 6) is 0. The first-order chi connectivity index (χ1) is 4.97. The van der Waals surface area contributed by atoms with E-state index in [1.54, 1.807) is 29.6 Å². The van der Waals surface area contributed by atoms with Gasteiger partial charge in [0.25, 0.3) is 0 Å². The number of hydrogen-bond acceptors (Lipinski definition) is 3. The molecule has 0 saturated carbocycles. The number of thioether (sulfide) groups is 1. The molecule has 2 aliphatic rings. The maximum Gasteiger partial charge on any atom is 1.00 e. The van der Waals surface area contributed by atoms with Crippen LogP contribution in [0.1, 0.15) is 1.43 Å². The number of rotatable bonds is 0. The molecule has 10 heavy (non-hydrogen) atoms. The minimum Gasteiger partial charge on any atom is -0.459 e. The van der Waals surface area contributed by atoms with E-state index in [9.17, 15) is 0 Å². The molecule has 0 aromatic rings. The Morgan fingerprint density at radius 3 is 3.60 bits per heavy atom. The van der Waals surface area contributed by atoms with Gasteiger partial charge < -0.3 is 4.74 Å². The largest absolute Gasteiger partial charge is 1.00 e. The van der Waals surface area contributed by atoms with Gasteiger partial charge in [-0.1, -0.05) is 11.8 Å². The Labute approximate surface area is 64.5 Å². The average molecular weight is 151 g/mol. The van der Waals surface area contributed by atoms with Crippen molar-refractivity contribution < 1.29 is 6.16 Å². The molecule has 2 aliphatic heterocycles. The Hall–Kier alpha value is -0.960. The van der Waals surface area contributed by atoms with Gasteiger partial charge in [0.2, 0.25) is 0 Å². The van der Waals surface area contributed by atoms with Crippen LogP contribution in [-0.2, 0) is 4.74 Å². The topological polar surface area (TPSA) is 21.6 Å². The van der Waals surface area contributed by atoms with Crippen LogP contribution in [0.25, 0.3) is 0 Å². The zero-order valence-corrected chi connectivity index (χ0v) is 5.89. The third-order valence-electron chi connectivity index (χ3n) is 1.20. The van der Waals surface area contributed by atoms with Crippen molar-refractivity contribution in [1.29, 1.82) is 0 Å². The molecule has 0 aliphatic carbocycles. The summed E-state index contributed by atoms with van der Waals surface area (Å²) >= 11 is 1.56. The van der Waals surface area contributed by atoms with E-state index in [0.29, 0.717) is 0 Å². The van der Waals surface area contributed by atoms with Crippen molar-refractivity contribution in [2.75, 3.05) is 0 Å². The smallest absolute Gasteiger partial charge is 0.459 e. The fourth-order valence-electron chi connectivity index (χ4n) is 0.720. The first-order valence-electron chi connectivity index (χ1n) is 2.80. The second-order valence-electron chi connectivity index (χ2n) is 1.83. The summed E-state index contributed by atoms with van der Waals surface area (Å²) in [6, 6.07) is 0. The van der Waals surface area contributed by atoms with Crippen molar-refractivity contribution in [3.63, 3.8) is 0 Å². The zero-order valence-electron chi connectivity index (χ0n) is 6.07. The van der Waals surface area contributed by atoms with Crippen LogP contribution < -0.4 is 0 Å². The van der Waals surface area contributed by atoms with Gasteiger partial charge in [0.05, 0.1) is 5.55 Å². The standard InChI is InChI=1S/C7H4NOS/c1-2-9-3-7-6(1)4-10-5-8-7/h1,3-5H/p+1. The molecule has 0 amide bonds. The first-order valence-corrected chi connectivity index (χ1v) is 3.74. The summed E-state index contributed by atoms with van der Waals surface area (Å²) < 4.78 is 4.81. The van der Waals surface area contributed by atoms with E-state index >= 15 is 0 Å². The molecule has 0 aromatic carbocycles. The normalized spacial score (nSPS) is 20.8. The van der Waals surface area contributed by atoms with Gasteiger partial charge in [-0.25, -0.2) is 4.99 Å². The average Bonchev–Trinajstić information content (AvgIpc) is 2.05. The van der Waals surface area contributed by atoms with Crippen LogP contribution in [0.3, 0.4) is 0 Å². The number of aliphatic imine (C=N–C) groups is 1. The van der Waals surface area contributed by atoms with E-state index in [1.165, 1.54) is 0 Å². The minimum atomic E-state index is 0. The van der Waals surface area contributed by atoms with Crippen LogP contribution in [0.5, 0.6) is 0 Å². The second kappa shape index (κ2) is 2.34. The van der Waals surface area contributed by atoms with Gasteiger partial charge in [0.1, 0.15) is 12.0 Å². The van der Waals surface area contributed by atoms with Crippen molar-refractivity contribution in [3.05, 3.63) is 35.3 Å². The predicted molar refractivity (Wildman–Crippen MR) is 42.3 cm³/mol. The van der Waals surface area contributed by atoms with Crippen molar-refractivity contribution >= 4 is 17.3 Å². The highest BCUT2D eigenvalue weighted by molar-refractivity contribution is 8.14. The SMILES string of the molecule is [C]1=CC2=CSC=NC2=CO1.[H+]. The first kappa shape index (κ1) is 5.80. The Bertz CT molecular complexity index is 240. The van der Waals surface area contributed by atoms with Crippen LogP contribution in [-0.4, -0.2) is 5.55 Å². The molecular formula is C7H5NOS+. The molecule has 0 unspecified atom stereocenters. The van der Waals surface area contributed by atoms with Gasteiger partial charge >= 0.3 is 1.43 Å². The van der Waals surface area contributed by atoms with Crippen LogP contribution in [0.15, 0.2) is 34.0 Å². The summed E-state index contributed by atoms with van der Waals surface area (Å²) in [6.45, 7) is 0. The molecule has 0 N–H and O–H groups in total. The molecule has 3 heteroatoms. The summed E-state index contributed by atoms with van der Waals surface area (Å²) in [7, 11) is 0. The molecule has 2 nitrogen and oxygen atoms in total. The third kappa shape index (κ3) is 0.885. The van der Waals surface area contributed by atoms with Crippen molar-refractivity contribution in [2.24, 2.45) is 4.99 Å². The highest BCUT2D eigenvalue weighted by Gasteiger charge is 2.07. The predicted octanol–water partition coefficient (Wildman–Crippen LogP) is 1.95. The molecule has 0 aromatic heterocycles. The van der Waals surface area contributed by atoms with E-state index < -0.39 is 0 Å². The van der Waals surface area contributed by atoms with Gasteiger partial charge in [0.15, 0.2) is 6.26 Å². The van der Waals surface area contributed by atoms with Gasteiger partial charge in [-0.3, -0.25) is 0 Å². The zero-order chi connectivity index (χ0) is 6.81. The summed E-state index contributed by atoms with van der Waals surface area (Å²) in [5, 5.41) is 2.01. The van der Waals surface area contributed by atoms with Gasteiger partial charge in [0, 0.05) is 5.57 Å². The molecule has 49 valence electrons. The lowest BCUT2D eigenvalue weighted by atomic mass is 10.2. The molecule has 0 spiro atoms. The number of fused-ring (bicyclic) bond motifs is 1. The molecular weight excluding hydrogens is 146 g/mol. The van der Waals surface area contributed by atoms with E-state index in [1.807, 2.05) is 5.41 Å². The van der Waals surface area contributed by atoms with Crippen LogP contribution in [0.2, 0.25) is 0 Å². The molecule has 1 radical (unpaired) electrons. The molecule has 2 heterocycles. The molecule has 0 atom stereocenters. The van der Waals surface area contributed by atoms with Crippen LogP contribution >= 0.6 is 11.8 Å². The number of hydrogen-bond donors (Lipinski definition) is 0. The number of nitrogens with zero attached hydrogens (tertiary/aromatic N) is 1.